The Morgan fingerprint density at radius 3 is 2.73 bits per heavy atom. The molecule has 66 valence electrons. The van der Waals surface area contributed by atoms with Gasteiger partial charge in [-0.25, -0.2) is 0 Å². The Hall–Kier alpha value is -0.260. The van der Waals surface area contributed by atoms with Crippen LogP contribution in [0.5, 0.6) is 0 Å². The van der Waals surface area contributed by atoms with Crippen molar-refractivity contribution in [2.24, 2.45) is 0 Å². The third-order valence-corrected chi connectivity index (χ3v) is 2.21. The van der Waals surface area contributed by atoms with Crippen LogP contribution in [0.25, 0.3) is 0 Å². The lowest BCUT2D eigenvalue weighted by atomic mass is 10.3. The number of likely N-dealkylation sites (N-methyl/N-ethyl adjacent to an activating group) is 1. The van der Waals surface area contributed by atoms with E-state index in [-0.39, 0.29) is 6.61 Å². The molecule has 0 bridgehead atoms. The molecule has 0 saturated heterocycles. The Morgan fingerprint density at radius 2 is 2.36 bits per heavy atom. The van der Waals surface area contributed by atoms with E-state index < -0.39 is 12.0 Å². The molecule has 0 radical (unpaired) electrons. The molecule has 0 aromatic carbocycles. The molecule has 11 heavy (non-hydrogen) atoms. The summed E-state index contributed by atoms with van der Waals surface area (Å²) in [6.07, 6.45) is 0. The lowest BCUT2D eigenvalue weighted by Crippen LogP contribution is -2.36. The van der Waals surface area contributed by atoms with Crippen molar-refractivity contribution in [2.45, 2.75) is 6.04 Å². The van der Waals surface area contributed by atoms with Gasteiger partial charge in [0.2, 0.25) is 0 Å². The molecule has 0 saturated carbocycles. The minimum atomic E-state index is -0.849. The molecule has 0 aliphatic carbocycles. The molecule has 0 fully saturated rings. The standard InChI is InChI=1S/C6H13NO3S/c1-7-5(6(9)10)4-11-3-2-8/h5,7-8H,2-4H2,1H3,(H,9,10). The molecule has 0 aromatic rings. The van der Waals surface area contributed by atoms with E-state index in [1.54, 1.807) is 7.05 Å². The average molecular weight is 179 g/mol. The first-order valence-electron chi connectivity index (χ1n) is 3.31. The number of rotatable bonds is 6. The summed E-state index contributed by atoms with van der Waals surface area (Å²) in [5, 5.41) is 19.6. The second-order valence-corrected chi connectivity index (χ2v) is 3.13. The number of carboxylic acid groups (broad SMARTS) is 1. The Balaban J connectivity index is 3.44. The zero-order chi connectivity index (χ0) is 8.69. The van der Waals surface area contributed by atoms with Crippen LogP contribution in [0.15, 0.2) is 0 Å². The van der Waals surface area contributed by atoms with Crippen molar-refractivity contribution in [1.29, 1.82) is 0 Å². The number of nitrogens with one attached hydrogen (secondary N) is 1. The van der Waals surface area contributed by atoms with Crippen LogP contribution in [-0.4, -0.2) is 47.4 Å². The van der Waals surface area contributed by atoms with E-state index in [0.717, 1.165) is 0 Å². The zero-order valence-electron chi connectivity index (χ0n) is 6.41. The maximum atomic E-state index is 10.4. The average Bonchev–Trinajstić information content (AvgIpc) is 1.97. The molecule has 0 heterocycles. The van der Waals surface area contributed by atoms with Crippen LogP contribution in [-0.2, 0) is 4.79 Å². The highest BCUT2D eigenvalue weighted by Gasteiger charge is 2.13. The number of hydrogen-bond donors (Lipinski definition) is 3. The number of aliphatic hydroxyl groups excluding tert-OH is 1. The predicted molar refractivity (Wildman–Crippen MR) is 44.9 cm³/mol. The van der Waals surface area contributed by atoms with E-state index in [2.05, 4.69) is 5.32 Å². The summed E-state index contributed by atoms with van der Waals surface area (Å²) >= 11 is 1.42. The van der Waals surface area contributed by atoms with E-state index in [9.17, 15) is 4.79 Å². The van der Waals surface area contributed by atoms with Crippen molar-refractivity contribution in [2.75, 3.05) is 25.2 Å². The van der Waals surface area contributed by atoms with Gasteiger partial charge in [-0.15, -0.1) is 0 Å². The molecule has 5 heteroatoms. The number of thioether (sulfide) groups is 1. The predicted octanol–water partition coefficient (Wildman–Crippen LogP) is -0.616. The van der Waals surface area contributed by atoms with Gasteiger partial charge in [-0.2, -0.15) is 11.8 Å². The van der Waals surface area contributed by atoms with E-state index >= 15 is 0 Å². The van der Waals surface area contributed by atoms with Crippen LogP contribution in [0.1, 0.15) is 0 Å². The minimum absolute atomic E-state index is 0.0979. The van der Waals surface area contributed by atoms with Gasteiger partial charge in [-0.05, 0) is 7.05 Å². The Kier molecular flexibility index (Phi) is 6.30. The van der Waals surface area contributed by atoms with Gasteiger partial charge in [0, 0.05) is 11.5 Å². The summed E-state index contributed by atoms with van der Waals surface area (Å²) in [7, 11) is 1.61. The maximum Gasteiger partial charge on any atom is 0.321 e. The van der Waals surface area contributed by atoms with Crippen LogP contribution in [0, 0.1) is 0 Å². The molecule has 0 rings (SSSR count). The molecule has 4 nitrogen and oxygen atoms in total. The second kappa shape index (κ2) is 6.45. The summed E-state index contributed by atoms with van der Waals surface area (Å²) in [5.41, 5.74) is 0. The SMILES string of the molecule is CNC(CSCCO)C(=O)O. The second-order valence-electron chi connectivity index (χ2n) is 1.98. The fourth-order valence-corrected chi connectivity index (χ4v) is 1.38. The highest BCUT2D eigenvalue weighted by molar-refractivity contribution is 7.99. The third-order valence-electron chi connectivity index (χ3n) is 1.17. The Bertz CT molecular complexity index is 120. The fraction of sp³-hybridized carbons (Fsp3) is 0.833. The summed E-state index contributed by atoms with van der Waals surface area (Å²) in [5.74, 6) is 0.232. The van der Waals surface area contributed by atoms with Crippen molar-refractivity contribution >= 4 is 17.7 Å². The largest absolute Gasteiger partial charge is 0.480 e. The number of aliphatic carboxylic acids is 1. The molecule has 0 spiro atoms. The molecule has 0 amide bonds. The van der Waals surface area contributed by atoms with Crippen LogP contribution >= 0.6 is 11.8 Å². The van der Waals surface area contributed by atoms with E-state index in [4.69, 9.17) is 10.2 Å². The number of carboxylic acids is 1. The lowest BCUT2D eigenvalue weighted by molar-refractivity contribution is -0.138. The van der Waals surface area contributed by atoms with Gasteiger partial charge < -0.3 is 15.5 Å². The van der Waals surface area contributed by atoms with Gasteiger partial charge >= 0.3 is 5.97 Å². The van der Waals surface area contributed by atoms with E-state index in [0.29, 0.717) is 11.5 Å². The highest BCUT2D eigenvalue weighted by Crippen LogP contribution is 2.01. The molecule has 1 atom stereocenters. The number of aliphatic hydroxyl groups is 1. The van der Waals surface area contributed by atoms with Crippen molar-refractivity contribution in [3.63, 3.8) is 0 Å². The molecular weight excluding hydrogens is 166 g/mol. The van der Waals surface area contributed by atoms with Crippen LogP contribution < -0.4 is 5.32 Å². The highest BCUT2D eigenvalue weighted by atomic mass is 32.2. The molecule has 0 aliphatic rings. The first-order valence-corrected chi connectivity index (χ1v) is 4.46. The Morgan fingerprint density at radius 1 is 1.73 bits per heavy atom. The third kappa shape index (κ3) is 5.06. The normalized spacial score (nSPS) is 12.9. The Labute approximate surface area is 70.0 Å². The molecule has 1 unspecified atom stereocenters. The maximum absolute atomic E-state index is 10.4. The summed E-state index contributed by atoms with van der Waals surface area (Å²) in [4.78, 5) is 10.4. The minimum Gasteiger partial charge on any atom is -0.480 e. The lowest BCUT2D eigenvalue weighted by Gasteiger charge is -2.09. The fourth-order valence-electron chi connectivity index (χ4n) is 0.544. The number of hydrogen-bond acceptors (Lipinski definition) is 4. The van der Waals surface area contributed by atoms with Crippen LogP contribution in [0.2, 0.25) is 0 Å². The van der Waals surface area contributed by atoms with Crippen LogP contribution in [0.3, 0.4) is 0 Å². The van der Waals surface area contributed by atoms with Crippen LogP contribution in [0.4, 0.5) is 0 Å². The summed E-state index contributed by atoms with van der Waals surface area (Å²) < 4.78 is 0. The van der Waals surface area contributed by atoms with Crippen molar-refractivity contribution in [3.8, 4) is 0 Å². The van der Waals surface area contributed by atoms with Gasteiger partial charge in [0.15, 0.2) is 0 Å². The van der Waals surface area contributed by atoms with E-state index in [1.165, 1.54) is 11.8 Å². The van der Waals surface area contributed by atoms with Crippen molar-refractivity contribution < 1.29 is 15.0 Å². The van der Waals surface area contributed by atoms with Gasteiger partial charge in [0.25, 0.3) is 0 Å². The monoisotopic (exact) mass is 179 g/mol. The topological polar surface area (TPSA) is 69.6 Å². The first kappa shape index (κ1) is 10.7. The van der Waals surface area contributed by atoms with Crippen molar-refractivity contribution in [3.05, 3.63) is 0 Å². The zero-order valence-corrected chi connectivity index (χ0v) is 7.23. The smallest absolute Gasteiger partial charge is 0.321 e. The summed E-state index contributed by atoms with van der Waals surface area (Å²) in [6, 6.07) is -0.508. The molecular formula is C6H13NO3S. The quantitative estimate of drug-likeness (QED) is 0.474. The first-order chi connectivity index (χ1) is 5.22. The van der Waals surface area contributed by atoms with Gasteiger partial charge in [0.05, 0.1) is 6.61 Å². The molecule has 0 aliphatic heterocycles. The summed E-state index contributed by atoms with van der Waals surface area (Å²) in [6.45, 7) is 0.0979. The van der Waals surface area contributed by atoms with Crippen molar-refractivity contribution in [1.82, 2.24) is 5.32 Å². The van der Waals surface area contributed by atoms with Gasteiger partial charge in [0.1, 0.15) is 6.04 Å². The molecule has 3 N–H and O–H groups in total. The van der Waals surface area contributed by atoms with Gasteiger partial charge in [-0.1, -0.05) is 0 Å². The number of carbonyl (C=O) groups is 1. The van der Waals surface area contributed by atoms with E-state index in [1.807, 2.05) is 0 Å². The van der Waals surface area contributed by atoms with Gasteiger partial charge in [-0.3, -0.25) is 4.79 Å². The molecule has 0 aromatic heterocycles.